The molecule has 1 aromatic carbocycles. The molecule has 8 heteroatoms. The quantitative estimate of drug-likeness (QED) is 0.798. The molecule has 4 rings (SSSR count). The normalized spacial score (nSPS) is 21.2. The smallest absolute Gasteiger partial charge is 0.290 e. The Balaban J connectivity index is 0.000000706. The van der Waals surface area contributed by atoms with Gasteiger partial charge in [-0.3, -0.25) is 14.4 Å². The van der Waals surface area contributed by atoms with E-state index in [0.717, 1.165) is 28.3 Å². The SMILES string of the molecule is Cc1ccccc1-c1ncc(CN2C(=O)[C@H]3CCCN3C(=O)[C@@H]2C)s1.O=CO. The van der Waals surface area contributed by atoms with Gasteiger partial charge in [0.05, 0.1) is 6.54 Å². The van der Waals surface area contributed by atoms with Gasteiger partial charge in [0.2, 0.25) is 11.8 Å². The van der Waals surface area contributed by atoms with Crippen molar-refractivity contribution in [3.63, 3.8) is 0 Å². The Morgan fingerprint density at radius 1 is 1.29 bits per heavy atom. The van der Waals surface area contributed by atoms with Gasteiger partial charge in [-0.2, -0.15) is 0 Å². The predicted molar refractivity (Wildman–Crippen MR) is 106 cm³/mol. The number of benzene rings is 1. The summed E-state index contributed by atoms with van der Waals surface area (Å²) < 4.78 is 0. The van der Waals surface area contributed by atoms with Gasteiger partial charge in [-0.25, -0.2) is 4.98 Å². The highest BCUT2D eigenvalue weighted by Crippen LogP contribution is 2.31. The topological polar surface area (TPSA) is 90.8 Å². The summed E-state index contributed by atoms with van der Waals surface area (Å²) in [6, 6.07) is 7.50. The van der Waals surface area contributed by atoms with Gasteiger partial charge in [0.15, 0.2) is 0 Å². The van der Waals surface area contributed by atoms with Crippen LogP contribution >= 0.6 is 11.3 Å². The second-order valence-electron chi connectivity index (χ2n) is 6.88. The fourth-order valence-corrected chi connectivity index (χ4v) is 4.75. The zero-order valence-electron chi connectivity index (χ0n) is 15.9. The maximum Gasteiger partial charge on any atom is 0.290 e. The molecule has 2 aliphatic heterocycles. The number of thiazole rings is 1. The molecule has 2 fully saturated rings. The molecule has 148 valence electrons. The van der Waals surface area contributed by atoms with Gasteiger partial charge in [-0.05, 0) is 32.3 Å². The first kappa shape index (κ1) is 20.0. The number of aryl methyl sites for hydroxylation is 1. The molecule has 0 radical (unpaired) electrons. The van der Waals surface area contributed by atoms with E-state index in [1.165, 1.54) is 5.56 Å². The molecule has 1 N–H and O–H groups in total. The van der Waals surface area contributed by atoms with Crippen LogP contribution in [0.1, 0.15) is 30.2 Å². The summed E-state index contributed by atoms with van der Waals surface area (Å²) >= 11 is 1.59. The van der Waals surface area contributed by atoms with E-state index in [-0.39, 0.29) is 24.3 Å². The van der Waals surface area contributed by atoms with E-state index in [1.54, 1.807) is 21.1 Å². The Hall–Kier alpha value is -2.74. The Kier molecular flexibility index (Phi) is 6.08. The minimum absolute atomic E-state index is 0.0748. The average molecular weight is 401 g/mol. The first-order chi connectivity index (χ1) is 13.5. The molecule has 1 aromatic heterocycles. The average Bonchev–Trinajstić information content (AvgIpc) is 3.34. The Labute approximate surface area is 167 Å². The molecular weight excluding hydrogens is 378 g/mol. The summed E-state index contributed by atoms with van der Waals surface area (Å²) in [4.78, 5) is 42.7. The van der Waals surface area contributed by atoms with Crippen LogP contribution in [0.2, 0.25) is 0 Å². The first-order valence-electron chi connectivity index (χ1n) is 9.17. The van der Waals surface area contributed by atoms with Gasteiger partial charge in [-0.1, -0.05) is 24.3 Å². The van der Waals surface area contributed by atoms with Crippen LogP contribution in [0.3, 0.4) is 0 Å². The van der Waals surface area contributed by atoms with Crippen LogP contribution in [0.25, 0.3) is 10.6 Å². The van der Waals surface area contributed by atoms with Crippen molar-refractivity contribution in [3.8, 4) is 10.6 Å². The Morgan fingerprint density at radius 3 is 2.71 bits per heavy atom. The third-order valence-electron chi connectivity index (χ3n) is 5.18. The van der Waals surface area contributed by atoms with Crippen LogP contribution in [0, 0.1) is 6.92 Å². The molecule has 2 aliphatic rings. The van der Waals surface area contributed by atoms with Crippen LogP contribution in [0.4, 0.5) is 0 Å². The third-order valence-corrected chi connectivity index (χ3v) is 6.20. The minimum Gasteiger partial charge on any atom is -0.483 e. The number of hydrogen-bond acceptors (Lipinski definition) is 5. The van der Waals surface area contributed by atoms with Crippen LogP contribution in [0.15, 0.2) is 30.5 Å². The number of amides is 2. The van der Waals surface area contributed by atoms with Gasteiger partial charge in [-0.15, -0.1) is 11.3 Å². The van der Waals surface area contributed by atoms with E-state index < -0.39 is 6.04 Å². The van der Waals surface area contributed by atoms with Gasteiger partial charge >= 0.3 is 0 Å². The molecule has 0 unspecified atom stereocenters. The number of piperazine rings is 1. The van der Waals surface area contributed by atoms with Crippen molar-refractivity contribution >= 4 is 29.6 Å². The molecule has 2 aromatic rings. The van der Waals surface area contributed by atoms with Crippen molar-refractivity contribution in [2.45, 2.75) is 45.3 Å². The fraction of sp³-hybridized carbons (Fsp3) is 0.400. The lowest BCUT2D eigenvalue weighted by Gasteiger charge is -2.40. The number of nitrogens with zero attached hydrogens (tertiary/aromatic N) is 3. The van der Waals surface area contributed by atoms with E-state index >= 15 is 0 Å². The third kappa shape index (κ3) is 3.77. The van der Waals surface area contributed by atoms with Crippen LogP contribution < -0.4 is 0 Å². The summed E-state index contributed by atoms with van der Waals surface area (Å²) in [5, 5.41) is 7.85. The molecule has 0 aliphatic carbocycles. The van der Waals surface area contributed by atoms with E-state index in [0.29, 0.717) is 13.1 Å². The molecule has 2 amide bonds. The van der Waals surface area contributed by atoms with Crippen molar-refractivity contribution in [1.82, 2.24) is 14.8 Å². The molecule has 0 bridgehead atoms. The zero-order valence-corrected chi connectivity index (χ0v) is 16.7. The maximum absolute atomic E-state index is 12.8. The molecule has 3 heterocycles. The summed E-state index contributed by atoms with van der Waals surface area (Å²) in [6.07, 6.45) is 3.53. The van der Waals surface area contributed by atoms with Gasteiger partial charge < -0.3 is 14.9 Å². The molecule has 7 nitrogen and oxygen atoms in total. The molecule has 28 heavy (non-hydrogen) atoms. The highest BCUT2D eigenvalue weighted by atomic mass is 32.1. The van der Waals surface area contributed by atoms with Gasteiger partial charge in [0, 0.05) is 23.2 Å². The lowest BCUT2D eigenvalue weighted by molar-refractivity contribution is -0.159. The molecule has 2 saturated heterocycles. The number of rotatable bonds is 3. The summed E-state index contributed by atoms with van der Waals surface area (Å²) in [6.45, 7) is 4.82. The summed E-state index contributed by atoms with van der Waals surface area (Å²) in [7, 11) is 0. The van der Waals surface area contributed by atoms with Crippen LogP contribution in [0.5, 0.6) is 0 Å². The summed E-state index contributed by atoms with van der Waals surface area (Å²) in [5.74, 6) is 0.154. The summed E-state index contributed by atoms with van der Waals surface area (Å²) in [5.41, 5.74) is 2.30. The number of hydrogen-bond donors (Lipinski definition) is 1. The Bertz CT molecular complexity index is 882. The van der Waals surface area contributed by atoms with Crippen molar-refractivity contribution in [2.75, 3.05) is 6.54 Å². The molecular formula is C20H23N3O4S. The Morgan fingerprint density at radius 2 is 2.00 bits per heavy atom. The van der Waals surface area contributed by atoms with E-state index in [2.05, 4.69) is 24.0 Å². The maximum atomic E-state index is 12.8. The monoisotopic (exact) mass is 401 g/mol. The van der Waals surface area contributed by atoms with E-state index in [9.17, 15) is 9.59 Å². The fourth-order valence-electron chi connectivity index (χ4n) is 3.74. The van der Waals surface area contributed by atoms with Crippen LogP contribution in [-0.4, -0.2) is 56.8 Å². The van der Waals surface area contributed by atoms with Crippen molar-refractivity contribution < 1.29 is 19.5 Å². The van der Waals surface area contributed by atoms with Gasteiger partial charge in [0.25, 0.3) is 6.47 Å². The lowest BCUT2D eigenvalue weighted by atomic mass is 10.1. The number of carboxylic acid groups (broad SMARTS) is 1. The van der Waals surface area contributed by atoms with E-state index in [1.807, 2.05) is 25.3 Å². The molecule has 2 atom stereocenters. The highest BCUT2D eigenvalue weighted by molar-refractivity contribution is 7.15. The standard InChI is InChI=1S/C19H21N3O2S.CH2O2/c1-12-6-3-4-7-15(12)17-20-10-14(25-17)11-22-13(2)18(23)21-9-5-8-16(21)19(22)24;2-1-3/h3-4,6-7,10,13,16H,5,8-9,11H2,1-2H3;1H,(H,2,3)/t13-,16+;/m0./s1. The lowest BCUT2D eigenvalue weighted by Crippen LogP contribution is -2.61. The molecule has 0 saturated carbocycles. The zero-order chi connectivity index (χ0) is 20.3. The second kappa shape index (κ2) is 8.52. The first-order valence-corrected chi connectivity index (χ1v) is 9.99. The van der Waals surface area contributed by atoms with Crippen molar-refractivity contribution in [3.05, 3.63) is 40.9 Å². The van der Waals surface area contributed by atoms with Crippen LogP contribution in [-0.2, 0) is 20.9 Å². The largest absolute Gasteiger partial charge is 0.483 e. The highest BCUT2D eigenvalue weighted by Gasteiger charge is 2.45. The number of aromatic nitrogens is 1. The van der Waals surface area contributed by atoms with Crippen molar-refractivity contribution in [1.29, 1.82) is 0 Å². The number of carbonyl (C=O) groups excluding carboxylic acids is 2. The van der Waals surface area contributed by atoms with E-state index in [4.69, 9.17) is 9.90 Å². The second-order valence-corrected chi connectivity index (χ2v) is 8.00. The predicted octanol–water partition coefficient (Wildman–Crippen LogP) is 2.54. The number of carbonyl (C=O) groups is 3. The van der Waals surface area contributed by atoms with Gasteiger partial charge in [0.1, 0.15) is 17.1 Å². The number of fused-ring (bicyclic) bond motifs is 1. The minimum atomic E-state index is -0.397. The van der Waals surface area contributed by atoms with Crippen molar-refractivity contribution in [2.24, 2.45) is 0 Å². The molecule has 0 spiro atoms.